The summed E-state index contributed by atoms with van der Waals surface area (Å²) in [6, 6.07) is 10.9. The van der Waals surface area contributed by atoms with Gasteiger partial charge in [0, 0.05) is 10.6 Å². The molecule has 160 valence electrons. The van der Waals surface area contributed by atoms with E-state index in [1.807, 2.05) is 30.5 Å². The number of aryl methyl sites for hydroxylation is 1. The van der Waals surface area contributed by atoms with E-state index in [9.17, 15) is 9.59 Å². The Morgan fingerprint density at radius 2 is 2.10 bits per heavy atom. The van der Waals surface area contributed by atoms with Crippen LogP contribution in [0.5, 0.6) is 0 Å². The Bertz CT molecular complexity index is 1280. The van der Waals surface area contributed by atoms with Gasteiger partial charge in [-0.3, -0.25) is 19.6 Å². The number of aromatic nitrogens is 4. The van der Waals surface area contributed by atoms with Crippen LogP contribution in [0.1, 0.15) is 46.3 Å². The van der Waals surface area contributed by atoms with E-state index >= 15 is 0 Å². The Balaban J connectivity index is 1.79. The number of amides is 1. The lowest BCUT2D eigenvalue weighted by Crippen LogP contribution is -2.31. The number of benzene rings is 1. The number of nitrogens with one attached hydrogen (secondary N) is 1. The number of rotatable bonds is 7. The van der Waals surface area contributed by atoms with Gasteiger partial charge in [0.15, 0.2) is 0 Å². The minimum Gasteiger partial charge on any atom is -0.272 e. The lowest BCUT2D eigenvalue weighted by Gasteiger charge is -2.19. The minimum absolute atomic E-state index is 0.180. The number of hydrogen-bond acceptors (Lipinski definition) is 5. The second-order valence-electron chi connectivity index (χ2n) is 7.27. The summed E-state index contributed by atoms with van der Waals surface area (Å²) >= 11 is 7.48. The first-order valence-corrected chi connectivity index (χ1v) is 11.3. The van der Waals surface area contributed by atoms with E-state index in [0.717, 1.165) is 18.4 Å². The summed E-state index contributed by atoms with van der Waals surface area (Å²) in [4.78, 5) is 37.4. The summed E-state index contributed by atoms with van der Waals surface area (Å²) in [6.07, 6.45) is 2.55. The first kappa shape index (κ1) is 21.3. The van der Waals surface area contributed by atoms with E-state index in [2.05, 4.69) is 22.0 Å². The number of nitrogens with zero attached hydrogens (tertiary/aromatic N) is 4. The van der Waals surface area contributed by atoms with Gasteiger partial charge in [-0.2, -0.15) is 9.50 Å². The molecule has 0 atom stereocenters. The van der Waals surface area contributed by atoms with Gasteiger partial charge in [-0.15, -0.1) is 11.3 Å². The highest BCUT2D eigenvalue weighted by Crippen LogP contribution is 2.21. The van der Waals surface area contributed by atoms with Gasteiger partial charge < -0.3 is 0 Å². The second-order valence-corrected chi connectivity index (χ2v) is 8.65. The number of hydrogen-bond donors (Lipinski definition) is 1. The van der Waals surface area contributed by atoms with Gasteiger partial charge in [-0.25, -0.2) is 4.98 Å². The SMILES string of the molecule is CCCCc1c(C)nc2nc(N(Cc3cccc(Cl)c3)C(=O)c3cccs3)[nH]n2c1=O. The van der Waals surface area contributed by atoms with Crippen molar-refractivity contribution >= 4 is 40.6 Å². The van der Waals surface area contributed by atoms with Crippen molar-refractivity contribution in [2.75, 3.05) is 4.90 Å². The predicted molar refractivity (Wildman–Crippen MR) is 123 cm³/mol. The number of carbonyl (C=O) groups excluding carboxylic acids is 1. The van der Waals surface area contributed by atoms with Crippen molar-refractivity contribution < 1.29 is 4.79 Å². The van der Waals surface area contributed by atoms with Crippen LogP contribution in [0, 0.1) is 6.92 Å². The molecule has 4 aromatic rings. The second kappa shape index (κ2) is 9.03. The number of unbranched alkanes of at least 4 members (excludes halogenated alkanes) is 1. The highest BCUT2D eigenvalue weighted by Gasteiger charge is 2.24. The van der Waals surface area contributed by atoms with Crippen LogP contribution in [0.4, 0.5) is 5.95 Å². The fourth-order valence-corrected chi connectivity index (χ4v) is 4.28. The van der Waals surface area contributed by atoms with Gasteiger partial charge in [-0.05, 0) is 48.9 Å². The third-order valence-corrected chi connectivity index (χ3v) is 6.12. The molecule has 1 aromatic carbocycles. The number of thiophene rings is 1. The third kappa shape index (κ3) is 4.40. The zero-order valence-corrected chi connectivity index (χ0v) is 18.8. The maximum Gasteiger partial charge on any atom is 0.277 e. The first-order valence-electron chi connectivity index (χ1n) is 10.1. The summed E-state index contributed by atoms with van der Waals surface area (Å²) in [6.45, 7) is 4.14. The van der Waals surface area contributed by atoms with E-state index in [4.69, 9.17) is 11.6 Å². The fourth-order valence-electron chi connectivity index (χ4n) is 3.40. The van der Waals surface area contributed by atoms with Crippen molar-refractivity contribution in [2.24, 2.45) is 0 Å². The maximum absolute atomic E-state index is 13.3. The smallest absolute Gasteiger partial charge is 0.272 e. The van der Waals surface area contributed by atoms with Crippen LogP contribution in [0.3, 0.4) is 0 Å². The Hall–Kier alpha value is -2.97. The van der Waals surface area contributed by atoms with Gasteiger partial charge in [0.2, 0.25) is 5.95 Å². The van der Waals surface area contributed by atoms with Crippen LogP contribution >= 0.6 is 22.9 Å². The van der Waals surface area contributed by atoms with Crippen molar-refractivity contribution in [3.63, 3.8) is 0 Å². The van der Waals surface area contributed by atoms with Crippen molar-refractivity contribution in [2.45, 2.75) is 39.7 Å². The van der Waals surface area contributed by atoms with Gasteiger partial charge in [-0.1, -0.05) is 43.1 Å². The number of anilines is 1. The predicted octanol–water partition coefficient (Wildman–Crippen LogP) is 4.63. The molecule has 0 saturated carbocycles. The number of H-pyrrole nitrogens is 1. The van der Waals surface area contributed by atoms with Crippen LogP contribution in [0.15, 0.2) is 46.6 Å². The van der Waals surface area contributed by atoms with Gasteiger partial charge in [0.25, 0.3) is 17.2 Å². The van der Waals surface area contributed by atoms with E-state index in [0.29, 0.717) is 27.6 Å². The number of aromatic amines is 1. The van der Waals surface area contributed by atoms with E-state index in [1.54, 1.807) is 18.2 Å². The maximum atomic E-state index is 13.3. The van der Waals surface area contributed by atoms with Crippen LogP contribution in [-0.2, 0) is 13.0 Å². The average molecular weight is 456 g/mol. The summed E-state index contributed by atoms with van der Waals surface area (Å²) < 4.78 is 1.32. The molecule has 3 heterocycles. The summed E-state index contributed by atoms with van der Waals surface area (Å²) in [5, 5.41) is 5.42. The molecule has 7 nitrogen and oxygen atoms in total. The summed E-state index contributed by atoms with van der Waals surface area (Å²) in [7, 11) is 0. The quantitative estimate of drug-likeness (QED) is 0.440. The van der Waals surface area contributed by atoms with Crippen LogP contribution in [0.25, 0.3) is 5.78 Å². The van der Waals surface area contributed by atoms with Gasteiger partial charge in [0.05, 0.1) is 17.1 Å². The topological polar surface area (TPSA) is 83.4 Å². The molecule has 1 amide bonds. The molecule has 0 aliphatic rings. The van der Waals surface area contributed by atoms with Crippen molar-refractivity contribution in [1.82, 2.24) is 19.6 Å². The molecule has 0 spiro atoms. The lowest BCUT2D eigenvalue weighted by molar-refractivity contribution is 0.0987. The van der Waals surface area contributed by atoms with Crippen LogP contribution in [-0.4, -0.2) is 25.5 Å². The van der Waals surface area contributed by atoms with Crippen LogP contribution in [0.2, 0.25) is 5.02 Å². The molecule has 0 unspecified atom stereocenters. The summed E-state index contributed by atoms with van der Waals surface area (Å²) in [5.74, 6) is 0.285. The Morgan fingerprint density at radius 3 is 2.81 bits per heavy atom. The molecule has 0 aliphatic heterocycles. The van der Waals surface area contributed by atoms with E-state index in [-0.39, 0.29) is 29.7 Å². The van der Waals surface area contributed by atoms with Gasteiger partial charge in [0.1, 0.15) is 0 Å². The van der Waals surface area contributed by atoms with Crippen molar-refractivity contribution in [3.05, 3.63) is 78.9 Å². The van der Waals surface area contributed by atoms with E-state index in [1.165, 1.54) is 20.8 Å². The zero-order chi connectivity index (χ0) is 22.0. The van der Waals surface area contributed by atoms with Crippen LogP contribution < -0.4 is 10.5 Å². The molecule has 9 heteroatoms. The molecule has 0 aliphatic carbocycles. The van der Waals surface area contributed by atoms with Crippen molar-refractivity contribution in [3.8, 4) is 0 Å². The molecule has 4 rings (SSSR count). The molecule has 0 fully saturated rings. The highest BCUT2D eigenvalue weighted by molar-refractivity contribution is 7.12. The Labute approximate surface area is 188 Å². The largest absolute Gasteiger partial charge is 0.277 e. The zero-order valence-electron chi connectivity index (χ0n) is 17.3. The van der Waals surface area contributed by atoms with Crippen molar-refractivity contribution in [1.29, 1.82) is 0 Å². The molecule has 0 radical (unpaired) electrons. The molecule has 3 aromatic heterocycles. The average Bonchev–Trinajstić information content (AvgIpc) is 3.42. The Kier molecular flexibility index (Phi) is 6.20. The lowest BCUT2D eigenvalue weighted by atomic mass is 10.1. The normalized spacial score (nSPS) is 11.2. The van der Waals surface area contributed by atoms with E-state index < -0.39 is 0 Å². The molecular weight excluding hydrogens is 434 g/mol. The molecule has 0 saturated heterocycles. The molecule has 31 heavy (non-hydrogen) atoms. The first-order chi connectivity index (χ1) is 15.0. The number of fused-ring (bicyclic) bond motifs is 1. The molecular formula is C22H22ClN5O2S. The number of carbonyl (C=O) groups is 1. The highest BCUT2D eigenvalue weighted by atomic mass is 35.5. The number of halogens is 1. The standard InChI is InChI=1S/C22H22ClN5O2S/c1-3-4-9-17-14(2)24-21-25-22(26-28(21)19(17)29)27(20(30)18-10-6-11-31-18)13-15-7-5-8-16(23)12-15/h5-8,10-12H,3-4,9,13H2,1-2H3,(H,24,25,26). The monoisotopic (exact) mass is 455 g/mol. The summed E-state index contributed by atoms with van der Waals surface area (Å²) in [5.41, 5.74) is 2.00. The Morgan fingerprint density at radius 1 is 1.26 bits per heavy atom. The molecule has 1 N–H and O–H groups in total. The van der Waals surface area contributed by atoms with Gasteiger partial charge >= 0.3 is 0 Å². The third-order valence-electron chi connectivity index (χ3n) is 5.03. The molecule has 0 bridgehead atoms. The minimum atomic E-state index is -0.218. The fraction of sp³-hybridized carbons (Fsp3) is 0.273.